The van der Waals surface area contributed by atoms with Gasteiger partial charge in [0.2, 0.25) is 0 Å². The van der Waals surface area contributed by atoms with Crippen LogP contribution in [0.15, 0.2) is 71.9 Å². The van der Waals surface area contributed by atoms with Crippen LogP contribution in [-0.2, 0) is 4.79 Å². The first-order valence-electron chi connectivity index (χ1n) is 10.4. The van der Waals surface area contributed by atoms with E-state index in [9.17, 15) is 14.4 Å². The molecule has 5 aromatic rings. The number of aryl methyl sites for hydroxylation is 1. The molecular formula is C24H19N7O3. The van der Waals surface area contributed by atoms with Crippen LogP contribution < -0.4 is 10.9 Å². The van der Waals surface area contributed by atoms with E-state index in [4.69, 9.17) is 0 Å². The zero-order valence-corrected chi connectivity index (χ0v) is 18.3. The molecule has 0 radical (unpaired) electrons. The number of carbonyl (C=O) groups excluding carboxylic acids is 2. The molecule has 5 rings (SSSR count). The summed E-state index contributed by atoms with van der Waals surface area (Å²) < 4.78 is 3.08. The number of H-pyrrole nitrogens is 1. The Morgan fingerprint density at radius 2 is 1.71 bits per heavy atom. The molecule has 0 saturated carbocycles. The summed E-state index contributed by atoms with van der Waals surface area (Å²) >= 11 is 0. The number of anilines is 1. The minimum Gasteiger partial charge on any atom is -0.317 e. The number of fused-ring (bicyclic) bond motifs is 1. The van der Waals surface area contributed by atoms with Crippen molar-refractivity contribution < 1.29 is 9.59 Å². The van der Waals surface area contributed by atoms with Crippen LogP contribution in [0.2, 0.25) is 0 Å². The van der Waals surface area contributed by atoms with Gasteiger partial charge < -0.3 is 10.3 Å². The summed E-state index contributed by atoms with van der Waals surface area (Å²) in [6.45, 7) is 3.44. The minimum atomic E-state index is -0.812. The van der Waals surface area contributed by atoms with Gasteiger partial charge in [-0.2, -0.15) is 10.2 Å². The van der Waals surface area contributed by atoms with Crippen molar-refractivity contribution in [2.45, 2.75) is 13.8 Å². The lowest BCUT2D eigenvalue weighted by molar-refractivity contribution is -0.112. The van der Waals surface area contributed by atoms with E-state index in [0.717, 1.165) is 5.69 Å². The summed E-state index contributed by atoms with van der Waals surface area (Å²) in [6, 6.07) is 16.2. The predicted molar refractivity (Wildman–Crippen MR) is 125 cm³/mol. The number of benzene rings is 2. The van der Waals surface area contributed by atoms with E-state index in [1.54, 1.807) is 42.8 Å². The molecule has 3 aromatic heterocycles. The maximum atomic E-state index is 13.1. The Kier molecular flexibility index (Phi) is 5.09. The molecule has 10 heteroatoms. The number of aromatic nitrogens is 6. The second kappa shape index (κ2) is 8.24. The standard InChI is InChI=1S/C24H19N7O3/c1-14-20(15(2)30(29-14)16-8-4-3-5-9-16)21(32)24(34)28-18-10-6-7-11-19(18)31-22-17(12-27-31)23(33)26-13-25-22/h3-13H,1-2H3,(H,28,34)(H,25,26,33). The van der Waals surface area contributed by atoms with Crippen molar-refractivity contribution in [1.29, 1.82) is 0 Å². The number of hydrogen-bond acceptors (Lipinski definition) is 6. The van der Waals surface area contributed by atoms with E-state index in [0.29, 0.717) is 33.8 Å². The van der Waals surface area contributed by atoms with Gasteiger partial charge in [-0.3, -0.25) is 14.4 Å². The number of carbonyl (C=O) groups is 2. The van der Waals surface area contributed by atoms with Crippen LogP contribution in [0.5, 0.6) is 0 Å². The van der Waals surface area contributed by atoms with Crippen LogP contribution in [0.1, 0.15) is 21.7 Å². The summed E-state index contributed by atoms with van der Waals surface area (Å²) in [5.74, 6) is -1.51. The topological polar surface area (TPSA) is 128 Å². The van der Waals surface area contributed by atoms with Crippen molar-refractivity contribution in [3.8, 4) is 11.4 Å². The lowest BCUT2D eigenvalue weighted by atomic mass is 10.1. The van der Waals surface area contributed by atoms with Gasteiger partial charge in [0.25, 0.3) is 17.2 Å². The van der Waals surface area contributed by atoms with Gasteiger partial charge in [0.1, 0.15) is 5.39 Å². The monoisotopic (exact) mass is 453 g/mol. The zero-order chi connectivity index (χ0) is 23.8. The Balaban J connectivity index is 1.49. The molecule has 3 heterocycles. The number of rotatable bonds is 5. The number of hydrogen-bond donors (Lipinski definition) is 2. The molecule has 0 saturated heterocycles. The van der Waals surface area contributed by atoms with Crippen molar-refractivity contribution >= 4 is 28.4 Å². The normalized spacial score (nSPS) is 11.0. The first-order chi connectivity index (χ1) is 16.5. The van der Waals surface area contributed by atoms with Gasteiger partial charge in [0, 0.05) is 0 Å². The quantitative estimate of drug-likeness (QED) is 0.311. The number of ketones is 1. The molecule has 0 aliphatic rings. The SMILES string of the molecule is Cc1nn(-c2ccccc2)c(C)c1C(=O)C(=O)Nc1ccccc1-n1ncc2c(=O)[nH]cnc21. The largest absolute Gasteiger partial charge is 0.317 e. The minimum absolute atomic E-state index is 0.247. The number of Topliss-reactive ketones (excluding diaryl/α,β-unsaturated/α-hetero) is 1. The van der Waals surface area contributed by atoms with Gasteiger partial charge in [-0.15, -0.1) is 0 Å². The summed E-state index contributed by atoms with van der Waals surface area (Å²) in [7, 11) is 0. The van der Waals surface area contributed by atoms with Crippen LogP contribution in [0.3, 0.4) is 0 Å². The fourth-order valence-corrected chi connectivity index (χ4v) is 3.88. The third kappa shape index (κ3) is 3.47. The van der Waals surface area contributed by atoms with Crippen molar-refractivity contribution in [2.24, 2.45) is 0 Å². The molecule has 168 valence electrons. The number of nitrogens with one attached hydrogen (secondary N) is 2. The first-order valence-corrected chi connectivity index (χ1v) is 10.4. The van der Waals surface area contributed by atoms with E-state index in [-0.39, 0.29) is 11.1 Å². The van der Waals surface area contributed by atoms with E-state index < -0.39 is 11.7 Å². The average molecular weight is 453 g/mol. The predicted octanol–water partition coefficient (Wildman–Crippen LogP) is 2.73. The Hall–Kier alpha value is -4.86. The summed E-state index contributed by atoms with van der Waals surface area (Å²) in [5.41, 5.74) is 2.87. The van der Waals surface area contributed by atoms with Crippen LogP contribution in [0.4, 0.5) is 5.69 Å². The highest BCUT2D eigenvalue weighted by molar-refractivity contribution is 6.47. The lowest BCUT2D eigenvalue weighted by Crippen LogP contribution is -2.24. The molecule has 0 aliphatic carbocycles. The van der Waals surface area contributed by atoms with Crippen molar-refractivity contribution in [1.82, 2.24) is 29.5 Å². The molecule has 0 spiro atoms. The van der Waals surface area contributed by atoms with Gasteiger partial charge in [-0.05, 0) is 38.1 Å². The van der Waals surface area contributed by atoms with E-state index in [1.165, 1.54) is 17.2 Å². The Morgan fingerprint density at radius 3 is 2.50 bits per heavy atom. The molecular weight excluding hydrogens is 434 g/mol. The fourth-order valence-electron chi connectivity index (χ4n) is 3.88. The van der Waals surface area contributed by atoms with Crippen LogP contribution in [0.25, 0.3) is 22.4 Å². The molecule has 0 aliphatic heterocycles. The number of amides is 1. The molecule has 10 nitrogen and oxygen atoms in total. The third-order valence-electron chi connectivity index (χ3n) is 5.48. The fraction of sp³-hybridized carbons (Fsp3) is 0.0833. The third-order valence-corrected chi connectivity index (χ3v) is 5.48. The first kappa shape index (κ1) is 21.0. The van der Waals surface area contributed by atoms with E-state index in [1.807, 2.05) is 30.3 Å². The second-order valence-corrected chi connectivity index (χ2v) is 7.62. The van der Waals surface area contributed by atoms with Crippen LogP contribution in [0, 0.1) is 13.8 Å². The lowest BCUT2D eigenvalue weighted by Gasteiger charge is -2.11. The average Bonchev–Trinajstić information content (AvgIpc) is 3.41. The Labute approximate surface area is 192 Å². The Bertz CT molecular complexity index is 1610. The summed E-state index contributed by atoms with van der Waals surface area (Å²) in [4.78, 5) is 44.9. The number of aromatic amines is 1. The van der Waals surface area contributed by atoms with Gasteiger partial charge in [0.15, 0.2) is 5.65 Å². The smallest absolute Gasteiger partial charge is 0.296 e. The molecule has 2 N–H and O–H groups in total. The highest BCUT2D eigenvalue weighted by Crippen LogP contribution is 2.23. The summed E-state index contributed by atoms with van der Waals surface area (Å²) in [6.07, 6.45) is 2.68. The highest BCUT2D eigenvalue weighted by atomic mass is 16.2. The van der Waals surface area contributed by atoms with Gasteiger partial charge >= 0.3 is 0 Å². The molecule has 1 amide bonds. The van der Waals surface area contributed by atoms with Gasteiger partial charge in [-0.25, -0.2) is 14.3 Å². The molecule has 0 bridgehead atoms. The van der Waals surface area contributed by atoms with Crippen molar-refractivity contribution in [2.75, 3.05) is 5.32 Å². The zero-order valence-electron chi connectivity index (χ0n) is 18.3. The van der Waals surface area contributed by atoms with E-state index >= 15 is 0 Å². The second-order valence-electron chi connectivity index (χ2n) is 7.62. The van der Waals surface area contributed by atoms with Crippen molar-refractivity contribution in [3.05, 3.63) is 94.4 Å². The van der Waals surface area contributed by atoms with Gasteiger partial charge in [-0.1, -0.05) is 30.3 Å². The van der Waals surface area contributed by atoms with Crippen molar-refractivity contribution in [3.63, 3.8) is 0 Å². The molecule has 0 atom stereocenters. The molecule has 0 fully saturated rings. The number of nitrogens with zero attached hydrogens (tertiary/aromatic N) is 5. The maximum Gasteiger partial charge on any atom is 0.296 e. The highest BCUT2D eigenvalue weighted by Gasteiger charge is 2.26. The number of para-hydroxylation sites is 3. The Morgan fingerprint density at radius 1 is 0.971 bits per heavy atom. The van der Waals surface area contributed by atoms with E-state index in [2.05, 4.69) is 25.5 Å². The summed E-state index contributed by atoms with van der Waals surface area (Å²) in [5, 5.41) is 11.7. The molecule has 34 heavy (non-hydrogen) atoms. The maximum absolute atomic E-state index is 13.1. The molecule has 2 aromatic carbocycles. The van der Waals surface area contributed by atoms with Crippen LogP contribution >= 0.6 is 0 Å². The van der Waals surface area contributed by atoms with Crippen LogP contribution in [-0.4, -0.2) is 41.2 Å². The van der Waals surface area contributed by atoms with Gasteiger partial charge in [0.05, 0.1) is 46.5 Å². The molecule has 0 unspecified atom stereocenters.